The highest BCUT2D eigenvalue weighted by Crippen LogP contribution is 2.37. The number of ether oxygens (including phenoxy) is 1. The zero-order valence-electron chi connectivity index (χ0n) is 9.29. The van der Waals surface area contributed by atoms with Gasteiger partial charge in [-0.25, -0.2) is 4.79 Å². The molecule has 7 heteroatoms. The number of esters is 1. The number of alkyl halides is 2. The van der Waals surface area contributed by atoms with Gasteiger partial charge in [0.05, 0.1) is 6.61 Å². The fourth-order valence-corrected chi connectivity index (χ4v) is 1.86. The summed E-state index contributed by atoms with van der Waals surface area (Å²) in [5.74, 6) is -5.84. The van der Waals surface area contributed by atoms with Crippen molar-refractivity contribution in [2.45, 2.75) is 19.0 Å². The summed E-state index contributed by atoms with van der Waals surface area (Å²) >= 11 is 8.78. The second-order valence-electron chi connectivity index (χ2n) is 3.41. The van der Waals surface area contributed by atoms with Gasteiger partial charge in [0.25, 0.3) is 0 Å². The number of carbonyl (C=O) groups excluding carboxylic acids is 1. The first-order valence-electron chi connectivity index (χ1n) is 4.98. The van der Waals surface area contributed by atoms with Gasteiger partial charge in [-0.3, -0.25) is 0 Å². The molecule has 0 aliphatic rings. The first-order chi connectivity index (χ1) is 8.30. The predicted molar refractivity (Wildman–Crippen MR) is 65.7 cm³/mol. The number of rotatable bonds is 4. The van der Waals surface area contributed by atoms with Crippen LogP contribution in [0, 0.1) is 0 Å². The van der Waals surface area contributed by atoms with Crippen molar-refractivity contribution in [3.8, 4) is 0 Å². The van der Waals surface area contributed by atoms with Gasteiger partial charge < -0.3 is 9.84 Å². The van der Waals surface area contributed by atoms with Crippen LogP contribution in [-0.2, 0) is 9.53 Å². The van der Waals surface area contributed by atoms with Crippen LogP contribution in [0.2, 0.25) is 5.02 Å². The maximum absolute atomic E-state index is 13.6. The van der Waals surface area contributed by atoms with E-state index in [-0.39, 0.29) is 17.2 Å². The van der Waals surface area contributed by atoms with Gasteiger partial charge in [-0.1, -0.05) is 27.5 Å². The average Bonchev–Trinajstić information content (AvgIpc) is 2.31. The molecule has 0 aliphatic heterocycles. The molecule has 0 saturated carbocycles. The molecule has 0 fully saturated rings. The number of aliphatic hydroxyl groups excluding tert-OH is 1. The molecule has 1 N–H and O–H groups in total. The SMILES string of the molecule is CCOC(=O)C(F)(F)C(O)c1cc(Br)ccc1Cl. The number of halogens is 4. The summed E-state index contributed by atoms with van der Waals surface area (Å²) in [4.78, 5) is 11.1. The van der Waals surface area contributed by atoms with Crippen LogP contribution >= 0.6 is 27.5 Å². The lowest BCUT2D eigenvalue weighted by atomic mass is 10.0. The molecule has 1 rings (SSSR count). The fourth-order valence-electron chi connectivity index (χ4n) is 1.26. The summed E-state index contributed by atoms with van der Waals surface area (Å²) in [5, 5.41) is 9.53. The van der Waals surface area contributed by atoms with Crippen LogP contribution in [0.3, 0.4) is 0 Å². The van der Waals surface area contributed by atoms with Crippen molar-refractivity contribution in [3.05, 3.63) is 33.3 Å². The number of hydrogen-bond acceptors (Lipinski definition) is 3. The largest absolute Gasteiger partial charge is 0.461 e. The summed E-state index contributed by atoms with van der Waals surface area (Å²) < 4.78 is 31.9. The van der Waals surface area contributed by atoms with Crippen LogP contribution in [0.15, 0.2) is 22.7 Å². The lowest BCUT2D eigenvalue weighted by molar-refractivity contribution is -0.189. The van der Waals surface area contributed by atoms with E-state index in [0.29, 0.717) is 4.47 Å². The van der Waals surface area contributed by atoms with E-state index in [1.165, 1.54) is 25.1 Å². The van der Waals surface area contributed by atoms with Crippen LogP contribution in [0.25, 0.3) is 0 Å². The molecule has 1 aromatic rings. The zero-order chi connectivity index (χ0) is 13.9. The van der Waals surface area contributed by atoms with Crippen LogP contribution in [0.1, 0.15) is 18.6 Å². The van der Waals surface area contributed by atoms with E-state index in [1.54, 1.807) is 0 Å². The fraction of sp³-hybridized carbons (Fsp3) is 0.364. The van der Waals surface area contributed by atoms with Crippen LogP contribution < -0.4 is 0 Å². The van der Waals surface area contributed by atoms with E-state index >= 15 is 0 Å². The topological polar surface area (TPSA) is 46.5 Å². The normalized spacial score (nSPS) is 13.2. The highest BCUT2D eigenvalue weighted by molar-refractivity contribution is 9.10. The van der Waals surface area contributed by atoms with Gasteiger partial charge in [-0.05, 0) is 25.1 Å². The minimum Gasteiger partial charge on any atom is -0.461 e. The Morgan fingerprint density at radius 2 is 2.22 bits per heavy atom. The van der Waals surface area contributed by atoms with E-state index in [9.17, 15) is 18.7 Å². The van der Waals surface area contributed by atoms with E-state index in [1.807, 2.05) is 0 Å². The van der Waals surface area contributed by atoms with Gasteiger partial charge in [-0.2, -0.15) is 8.78 Å². The molecule has 1 unspecified atom stereocenters. The Morgan fingerprint density at radius 1 is 1.61 bits per heavy atom. The molecule has 0 radical (unpaired) electrons. The van der Waals surface area contributed by atoms with Crippen molar-refractivity contribution in [1.82, 2.24) is 0 Å². The van der Waals surface area contributed by atoms with Gasteiger partial charge in [-0.15, -0.1) is 0 Å². The maximum Gasteiger partial charge on any atom is 0.380 e. The lowest BCUT2D eigenvalue weighted by Gasteiger charge is -2.21. The third kappa shape index (κ3) is 3.18. The second-order valence-corrected chi connectivity index (χ2v) is 4.73. The highest BCUT2D eigenvalue weighted by Gasteiger charge is 2.49. The van der Waals surface area contributed by atoms with Crippen LogP contribution in [-0.4, -0.2) is 23.6 Å². The molecular formula is C11H10BrClF2O3. The van der Waals surface area contributed by atoms with Crippen molar-refractivity contribution in [2.75, 3.05) is 6.61 Å². The third-order valence-electron chi connectivity index (χ3n) is 2.14. The Labute approximate surface area is 116 Å². The lowest BCUT2D eigenvalue weighted by Crippen LogP contribution is -2.37. The van der Waals surface area contributed by atoms with E-state index in [4.69, 9.17) is 11.6 Å². The van der Waals surface area contributed by atoms with E-state index in [2.05, 4.69) is 20.7 Å². The molecule has 0 bridgehead atoms. The van der Waals surface area contributed by atoms with Crippen molar-refractivity contribution >= 4 is 33.5 Å². The Bertz CT molecular complexity index is 454. The quantitative estimate of drug-likeness (QED) is 0.853. The zero-order valence-corrected chi connectivity index (χ0v) is 11.6. The highest BCUT2D eigenvalue weighted by atomic mass is 79.9. The smallest absolute Gasteiger partial charge is 0.380 e. The Balaban J connectivity index is 3.08. The van der Waals surface area contributed by atoms with Crippen molar-refractivity contribution in [3.63, 3.8) is 0 Å². The van der Waals surface area contributed by atoms with Gasteiger partial charge in [0.2, 0.25) is 0 Å². The summed E-state index contributed by atoms with van der Waals surface area (Å²) in [5.41, 5.74) is -0.246. The Kier molecular flexibility index (Phi) is 5.07. The number of carbonyl (C=O) groups is 1. The van der Waals surface area contributed by atoms with Gasteiger partial charge in [0.15, 0.2) is 6.10 Å². The second kappa shape index (κ2) is 5.95. The minimum atomic E-state index is -4.06. The maximum atomic E-state index is 13.6. The Morgan fingerprint density at radius 3 is 2.78 bits per heavy atom. The number of benzene rings is 1. The molecular weight excluding hydrogens is 333 g/mol. The van der Waals surface area contributed by atoms with Crippen LogP contribution in [0.5, 0.6) is 0 Å². The molecule has 0 saturated heterocycles. The van der Waals surface area contributed by atoms with Gasteiger partial charge in [0.1, 0.15) is 0 Å². The number of hydrogen-bond donors (Lipinski definition) is 1. The summed E-state index contributed by atoms with van der Waals surface area (Å²) in [7, 11) is 0. The molecule has 3 nitrogen and oxygen atoms in total. The molecule has 1 atom stereocenters. The number of aliphatic hydroxyl groups is 1. The van der Waals surface area contributed by atoms with Gasteiger partial charge >= 0.3 is 11.9 Å². The molecule has 1 aromatic carbocycles. The molecule has 0 heterocycles. The van der Waals surface area contributed by atoms with Gasteiger partial charge in [0, 0.05) is 15.1 Å². The molecule has 0 spiro atoms. The van der Waals surface area contributed by atoms with Crippen molar-refractivity contribution in [1.29, 1.82) is 0 Å². The third-order valence-corrected chi connectivity index (χ3v) is 2.98. The predicted octanol–water partition coefficient (Wildman–Crippen LogP) is 3.33. The van der Waals surface area contributed by atoms with Crippen LogP contribution in [0.4, 0.5) is 8.78 Å². The molecule has 100 valence electrons. The Hall–Kier alpha value is -0.720. The summed E-state index contributed by atoms with van der Waals surface area (Å²) in [6.07, 6.45) is -2.36. The van der Waals surface area contributed by atoms with E-state index < -0.39 is 18.0 Å². The standard InChI is InChI=1S/C11H10BrClF2O3/c1-2-18-10(17)11(14,15)9(16)7-5-6(12)3-4-8(7)13/h3-5,9,16H,2H2,1H3. The minimum absolute atomic E-state index is 0.0605. The molecule has 0 amide bonds. The van der Waals surface area contributed by atoms with E-state index in [0.717, 1.165) is 0 Å². The monoisotopic (exact) mass is 342 g/mol. The van der Waals surface area contributed by atoms with Crippen molar-refractivity contribution in [2.24, 2.45) is 0 Å². The first kappa shape index (κ1) is 15.3. The summed E-state index contributed by atoms with van der Waals surface area (Å²) in [6.45, 7) is 1.19. The average molecular weight is 344 g/mol. The first-order valence-corrected chi connectivity index (χ1v) is 6.15. The molecule has 0 aliphatic carbocycles. The van der Waals surface area contributed by atoms with Crippen molar-refractivity contribution < 1.29 is 23.4 Å². The molecule has 18 heavy (non-hydrogen) atoms. The molecule has 0 aromatic heterocycles. The summed E-state index contributed by atoms with van der Waals surface area (Å²) in [6, 6.07) is 4.09.